The Bertz CT molecular complexity index is 1040. The average Bonchev–Trinajstić information content (AvgIpc) is 3.37. The average molecular weight is 527 g/mol. The summed E-state index contributed by atoms with van der Waals surface area (Å²) in [6.07, 6.45) is 3.98. The number of carbonyl (C=O) groups excluding carboxylic acids is 2. The second-order valence-electron chi connectivity index (χ2n) is 10.1. The highest BCUT2D eigenvalue weighted by molar-refractivity contribution is 8.00. The summed E-state index contributed by atoms with van der Waals surface area (Å²) in [7, 11) is 1.63. The Kier molecular flexibility index (Phi) is 10.4. The molecule has 7 nitrogen and oxygen atoms in total. The number of carbonyl (C=O) groups is 3. The van der Waals surface area contributed by atoms with Gasteiger partial charge in [0.15, 0.2) is 0 Å². The van der Waals surface area contributed by atoms with E-state index in [9.17, 15) is 19.5 Å². The molecule has 0 bridgehead atoms. The second kappa shape index (κ2) is 13.5. The number of rotatable bonds is 13. The number of amides is 2. The van der Waals surface area contributed by atoms with Crippen molar-refractivity contribution in [1.82, 2.24) is 10.6 Å². The second-order valence-corrected chi connectivity index (χ2v) is 11.4. The van der Waals surface area contributed by atoms with Crippen LogP contribution in [0.1, 0.15) is 57.1 Å². The van der Waals surface area contributed by atoms with E-state index in [0.29, 0.717) is 12.2 Å². The molecule has 1 aliphatic rings. The zero-order valence-electron chi connectivity index (χ0n) is 21.9. The molecule has 200 valence electrons. The lowest BCUT2D eigenvalue weighted by Crippen LogP contribution is -2.56. The number of benzene rings is 2. The minimum Gasteiger partial charge on any atom is -0.497 e. The molecule has 8 heteroatoms. The number of aliphatic carboxylic acids is 1. The quantitative estimate of drug-likeness (QED) is 0.353. The summed E-state index contributed by atoms with van der Waals surface area (Å²) in [5.74, 6) is -0.153. The van der Waals surface area contributed by atoms with Gasteiger partial charge in [0.1, 0.15) is 17.8 Å². The Balaban J connectivity index is 1.76. The van der Waals surface area contributed by atoms with E-state index in [1.54, 1.807) is 18.9 Å². The summed E-state index contributed by atoms with van der Waals surface area (Å²) in [4.78, 5) is 38.9. The standard InChI is InChI=1S/C29H38N2O5S/c1-20(2)17-25(27(33)34)30-26(32)24(18-21-9-5-4-6-10-21)31-28(35)29(15-7-8-16-29)37-19-22-11-13-23(36-3)14-12-22/h4-6,9-14,20,24-25H,7-8,15-19H2,1-3H3,(H,30,32)(H,31,35)(H,33,34)/t24-,25-/m0/s1. The molecule has 1 aliphatic carbocycles. The van der Waals surface area contributed by atoms with Crippen LogP contribution in [0.2, 0.25) is 0 Å². The molecule has 37 heavy (non-hydrogen) atoms. The van der Waals surface area contributed by atoms with Gasteiger partial charge in [0, 0.05) is 12.2 Å². The molecule has 3 rings (SSSR count). The van der Waals surface area contributed by atoms with Crippen molar-refractivity contribution >= 4 is 29.5 Å². The minimum absolute atomic E-state index is 0.0969. The smallest absolute Gasteiger partial charge is 0.326 e. The van der Waals surface area contributed by atoms with Crippen LogP contribution in [-0.2, 0) is 26.6 Å². The largest absolute Gasteiger partial charge is 0.497 e. The molecule has 0 radical (unpaired) electrons. The monoisotopic (exact) mass is 526 g/mol. The lowest BCUT2D eigenvalue weighted by molar-refractivity contribution is -0.142. The van der Waals surface area contributed by atoms with Crippen molar-refractivity contribution in [2.24, 2.45) is 5.92 Å². The van der Waals surface area contributed by atoms with Crippen molar-refractivity contribution in [3.63, 3.8) is 0 Å². The molecule has 1 fully saturated rings. The van der Waals surface area contributed by atoms with E-state index >= 15 is 0 Å². The third-order valence-electron chi connectivity index (χ3n) is 6.73. The number of ether oxygens (including phenoxy) is 1. The molecule has 0 spiro atoms. The maximum atomic E-state index is 13.7. The molecule has 3 N–H and O–H groups in total. The van der Waals surface area contributed by atoms with Gasteiger partial charge in [-0.2, -0.15) is 0 Å². The van der Waals surface area contributed by atoms with Crippen LogP contribution < -0.4 is 15.4 Å². The lowest BCUT2D eigenvalue weighted by atomic mass is 10.0. The Hall–Kier alpha value is -3.00. The zero-order valence-corrected chi connectivity index (χ0v) is 22.7. The fraction of sp³-hybridized carbons (Fsp3) is 0.483. The number of hydrogen-bond acceptors (Lipinski definition) is 5. The normalized spacial score (nSPS) is 16.1. The van der Waals surface area contributed by atoms with Gasteiger partial charge in [-0.05, 0) is 48.4 Å². The third kappa shape index (κ3) is 8.25. The summed E-state index contributed by atoms with van der Waals surface area (Å²) in [5.41, 5.74) is 1.99. The summed E-state index contributed by atoms with van der Waals surface area (Å²) >= 11 is 1.61. The van der Waals surface area contributed by atoms with E-state index in [1.807, 2.05) is 68.4 Å². The van der Waals surface area contributed by atoms with E-state index in [1.165, 1.54) is 0 Å². The van der Waals surface area contributed by atoms with Crippen molar-refractivity contribution < 1.29 is 24.2 Å². The van der Waals surface area contributed by atoms with Crippen LogP contribution in [0.25, 0.3) is 0 Å². The summed E-state index contributed by atoms with van der Waals surface area (Å²) in [6.45, 7) is 3.82. The van der Waals surface area contributed by atoms with Crippen LogP contribution in [0.4, 0.5) is 0 Å². The molecular formula is C29H38N2O5S. The maximum absolute atomic E-state index is 13.7. The molecule has 0 aromatic heterocycles. The molecule has 0 heterocycles. The first-order valence-corrected chi connectivity index (χ1v) is 13.9. The van der Waals surface area contributed by atoms with Gasteiger partial charge in [-0.3, -0.25) is 9.59 Å². The van der Waals surface area contributed by atoms with E-state index in [2.05, 4.69) is 10.6 Å². The molecular weight excluding hydrogens is 488 g/mol. The highest BCUT2D eigenvalue weighted by atomic mass is 32.2. The van der Waals surface area contributed by atoms with Gasteiger partial charge < -0.3 is 20.5 Å². The Morgan fingerprint density at radius 2 is 1.59 bits per heavy atom. The van der Waals surface area contributed by atoms with Crippen LogP contribution >= 0.6 is 11.8 Å². The molecule has 0 unspecified atom stereocenters. The maximum Gasteiger partial charge on any atom is 0.326 e. The van der Waals surface area contributed by atoms with Crippen LogP contribution in [0.3, 0.4) is 0 Å². The highest BCUT2D eigenvalue weighted by Gasteiger charge is 2.43. The summed E-state index contributed by atoms with van der Waals surface area (Å²) in [5, 5.41) is 15.3. The van der Waals surface area contributed by atoms with Gasteiger partial charge >= 0.3 is 5.97 Å². The van der Waals surface area contributed by atoms with Gasteiger partial charge in [-0.15, -0.1) is 11.8 Å². The fourth-order valence-electron chi connectivity index (χ4n) is 4.64. The molecule has 2 atom stereocenters. The van der Waals surface area contributed by atoms with Crippen molar-refractivity contribution in [3.8, 4) is 5.75 Å². The van der Waals surface area contributed by atoms with Crippen molar-refractivity contribution in [2.45, 2.75) is 75.0 Å². The first-order valence-electron chi connectivity index (χ1n) is 12.9. The summed E-state index contributed by atoms with van der Waals surface area (Å²) in [6, 6.07) is 15.4. The number of nitrogens with one attached hydrogen (secondary N) is 2. The van der Waals surface area contributed by atoms with Gasteiger partial charge in [-0.1, -0.05) is 69.2 Å². The number of hydrogen-bond donors (Lipinski definition) is 3. The fourth-order valence-corrected chi connectivity index (χ4v) is 6.04. The van der Waals surface area contributed by atoms with E-state index < -0.39 is 28.7 Å². The molecule has 2 aromatic rings. The van der Waals surface area contributed by atoms with Crippen LogP contribution in [-0.4, -0.2) is 46.8 Å². The number of methoxy groups -OCH3 is 1. The number of thioether (sulfide) groups is 1. The molecule has 2 aromatic carbocycles. The SMILES string of the molecule is COc1ccc(CSC2(C(=O)N[C@@H](Cc3ccccc3)C(=O)N[C@@H](CC(C)C)C(=O)O)CCCC2)cc1. The van der Waals surface area contributed by atoms with Crippen LogP contribution in [0.15, 0.2) is 54.6 Å². The zero-order chi connectivity index (χ0) is 26.8. The molecule has 0 saturated heterocycles. The van der Waals surface area contributed by atoms with E-state index in [0.717, 1.165) is 42.6 Å². The number of carboxylic acid groups (broad SMARTS) is 1. The van der Waals surface area contributed by atoms with Crippen molar-refractivity contribution in [2.75, 3.05) is 7.11 Å². The molecule has 0 aliphatic heterocycles. The van der Waals surface area contributed by atoms with E-state index in [-0.39, 0.29) is 18.2 Å². The Morgan fingerprint density at radius 1 is 0.946 bits per heavy atom. The predicted octanol–water partition coefficient (Wildman–Crippen LogP) is 4.58. The molecule has 2 amide bonds. The molecule has 1 saturated carbocycles. The third-order valence-corrected chi connectivity index (χ3v) is 8.35. The predicted molar refractivity (Wildman–Crippen MR) is 147 cm³/mol. The van der Waals surface area contributed by atoms with Crippen molar-refractivity contribution in [3.05, 3.63) is 65.7 Å². The van der Waals surface area contributed by atoms with Gasteiger partial charge in [-0.25, -0.2) is 4.79 Å². The van der Waals surface area contributed by atoms with E-state index in [4.69, 9.17) is 4.74 Å². The number of carboxylic acids is 1. The summed E-state index contributed by atoms with van der Waals surface area (Å²) < 4.78 is 4.61. The first kappa shape index (κ1) is 28.6. The highest BCUT2D eigenvalue weighted by Crippen LogP contribution is 2.43. The Labute approximate surface area is 223 Å². The lowest BCUT2D eigenvalue weighted by Gasteiger charge is -2.30. The van der Waals surface area contributed by atoms with Gasteiger partial charge in [0.05, 0.1) is 11.9 Å². The van der Waals surface area contributed by atoms with Crippen LogP contribution in [0.5, 0.6) is 5.75 Å². The van der Waals surface area contributed by atoms with Gasteiger partial charge in [0.2, 0.25) is 11.8 Å². The first-order chi connectivity index (χ1) is 17.7. The van der Waals surface area contributed by atoms with Crippen molar-refractivity contribution in [1.29, 1.82) is 0 Å². The van der Waals surface area contributed by atoms with Crippen LogP contribution in [0, 0.1) is 5.92 Å². The topological polar surface area (TPSA) is 105 Å². The van der Waals surface area contributed by atoms with Gasteiger partial charge in [0.25, 0.3) is 0 Å². The Morgan fingerprint density at radius 3 is 2.16 bits per heavy atom. The minimum atomic E-state index is -1.07.